The topological polar surface area (TPSA) is 56.5 Å². The summed E-state index contributed by atoms with van der Waals surface area (Å²) in [6.07, 6.45) is 4.37. The highest BCUT2D eigenvalue weighted by Crippen LogP contribution is 2.33. The van der Waals surface area contributed by atoms with Crippen LogP contribution >= 0.6 is 0 Å². The molecule has 0 spiro atoms. The van der Waals surface area contributed by atoms with Crippen LogP contribution in [-0.4, -0.2) is 29.1 Å². The number of benzene rings is 1. The molecule has 5 nitrogen and oxygen atoms in total. The second kappa shape index (κ2) is 5.18. The molecule has 3 rings (SSSR count). The fraction of sp³-hybridized carbons (Fsp3) is 0.417. The highest BCUT2D eigenvalue weighted by Gasteiger charge is 2.22. The molecule has 1 aliphatic rings. The second-order valence-electron chi connectivity index (χ2n) is 4.50. The lowest BCUT2D eigenvalue weighted by molar-refractivity contribution is -0.0368. The molecule has 1 aromatic carbocycles. The van der Waals surface area contributed by atoms with E-state index in [9.17, 15) is 4.39 Å². The normalized spacial score (nSPS) is 19.6. The largest absolute Gasteiger partial charge is 0.535 e. The van der Waals surface area contributed by atoms with Gasteiger partial charge in [-0.15, -0.1) is 0 Å². The number of rotatable bonds is 3. The summed E-state index contributed by atoms with van der Waals surface area (Å²) in [6.45, 7) is 0.678. The molecule has 0 aliphatic carbocycles. The van der Waals surface area contributed by atoms with E-state index in [-0.39, 0.29) is 12.0 Å². The third-order valence-electron chi connectivity index (χ3n) is 3.30. The van der Waals surface area contributed by atoms with Crippen LogP contribution in [0.2, 0.25) is 0 Å². The van der Waals surface area contributed by atoms with Gasteiger partial charge in [0.15, 0.2) is 17.8 Å². The van der Waals surface area contributed by atoms with E-state index in [0.29, 0.717) is 12.1 Å². The van der Waals surface area contributed by atoms with E-state index in [1.807, 2.05) is 0 Å². The summed E-state index contributed by atoms with van der Waals surface area (Å²) in [7, 11) is -0.577. The molecule has 2 aromatic rings. The van der Waals surface area contributed by atoms with E-state index >= 15 is 0 Å². The first-order valence-electron chi connectivity index (χ1n) is 6.32. The van der Waals surface area contributed by atoms with Crippen LogP contribution in [0.3, 0.4) is 0 Å². The standard InChI is InChI=1S/C12H14BFN2O3/c14-9-5-4-8-7-15-16(10-3-1-2-6-18-10)11(8)12(9)19-13-17/h4-5,7,10,13,17H,1-3,6H2. The molecular weight excluding hydrogens is 250 g/mol. The van der Waals surface area contributed by atoms with Crippen molar-refractivity contribution < 1.29 is 18.8 Å². The maximum Gasteiger partial charge on any atom is 0.504 e. The molecule has 19 heavy (non-hydrogen) atoms. The predicted octanol–water partition coefficient (Wildman–Crippen LogP) is 1.51. The van der Waals surface area contributed by atoms with E-state index < -0.39 is 13.5 Å². The molecule has 7 heteroatoms. The zero-order chi connectivity index (χ0) is 13.2. The first-order valence-corrected chi connectivity index (χ1v) is 6.32. The molecule has 1 aliphatic heterocycles. The first kappa shape index (κ1) is 12.4. The van der Waals surface area contributed by atoms with Gasteiger partial charge in [-0.3, -0.25) is 0 Å². The van der Waals surface area contributed by atoms with Crippen molar-refractivity contribution in [2.75, 3.05) is 6.61 Å². The van der Waals surface area contributed by atoms with Gasteiger partial charge in [0.1, 0.15) is 5.52 Å². The maximum absolute atomic E-state index is 13.8. The molecule has 1 unspecified atom stereocenters. The van der Waals surface area contributed by atoms with Gasteiger partial charge >= 0.3 is 7.69 Å². The summed E-state index contributed by atoms with van der Waals surface area (Å²) in [5.74, 6) is -0.495. The number of halogens is 1. The minimum atomic E-state index is -0.577. The maximum atomic E-state index is 13.8. The quantitative estimate of drug-likeness (QED) is 0.854. The van der Waals surface area contributed by atoms with Crippen molar-refractivity contribution in [3.05, 3.63) is 24.1 Å². The Hall–Kier alpha value is -1.60. The fourth-order valence-corrected chi connectivity index (χ4v) is 2.42. The third kappa shape index (κ3) is 2.19. The van der Waals surface area contributed by atoms with Gasteiger partial charge in [-0.25, -0.2) is 9.07 Å². The molecule has 0 radical (unpaired) electrons. The van der Waals surface area contributed by atoms with E-state index in [1.54, 1.807) is 16.9 Å². The van der Waals surface area contributed by atoms with Gasteiger partial charge in [-0.05, 0) is 31.4 Å². The lowest BCUT2D eigenvalue weighted by Crippen LogP contribution is -2.19. The monoisotopic (exact) mass is 264 g/mol. The van der Waals surface area contributed by atoms with Crippen LogP contribution < -0.4 is 4.65 Å². The van der Waals surface area contributed by atoms with Crippen molar-refractivity contribution in [2.45, 2.75) is 25.5 Å². The average Bonchev–Trinajstić information content (AvgIpc) is 2.87. The number of nitrogens with zero attached hydrogens (tertiary/aromatic N) is 2. The Morgan fingerprint density at radius 2 is 2.37 bits per heavy atom. The van der Waals surface area contributed by atoms with Gasteiger partial charge in [-0.2, -0.15) is 5.10 Å². The van der Waals surface area contributed by atoms with Crippen molar-refractivity contribution in [2.24, 2.45) is 0 Å². The van der Waals surface area contributed by atoms with E-state index in [0.717, 1.165) is 24.6 Å². The van der Waals surface area contributed by atoms with Crippen molar-refractivity contribution in [1.29, 1.82) is 0 Å². The third-order valence-corrected chi connectivity index (χ3v) is 3.30. The van der Waals surface area contributed by atoms with Gasteiger partial charge in [0.05, 0.1) is 6.20 Å². The second-order valence-corrected chi connectivity index (χ2v) is 4.50. The number of hydrogen-bond donors (Lipinski definition) is 1. The van der Waals surface area contributed by atoms with Crippen LogP contribution in [0.1, 0.15) is 25.5 Å². The van der Waals surface area contributed by atoms with E-state index in [4.69, 9.17) is 14.4 Å². The van der Waals surface area contributed by atoms with E-state index in [2.05, 4.69) is 5.10 Å². The summed E-state index contributed by atoms with van der Waals surface area (Å²) >= 11 is 0. The molecule has 100 valence electrons. The van der Waals surface area contributed by atoms with Crippen LogP contribution in [0.4, 0.5) is 4.39 Å². The van der Waals surface area contributed by atoms with E-state index in [1.165, 1.54) is 6.07 Å². The lowest BCUT2D eigenvalue weighted by Gasteiger charge is -2.24. The van der Waals surface area contributed by atoms with Gasteiger partial charge in [0, 0.05) is 12.0 Å². The molecule has 1 fully saturated rings. The lowest BCUT2D eigenvalue weighted by atomic mass is 10.1. The minimum Gasteiger partial charge on any atom is -0.535 e. The number of fused-ring (bicyclic) bond motifs is 1. The molecule has 0 bridgehead atoms. The molecule has 0 amide bonds. The SMILES string of the molecule is OBOc1c(F)ccc2cnn(C3CCCCO3)c12. The van der Waals surface area contributed by atoms with Crippen molar-refractivity contribution in [3.63, 3.8) is 0 Å². The van der Waals surface area contributed by atoms with Crippen molar-refractivity contribution in [1.82, 2.24) is 9.78 Å². The van der Waals surface area contributed by atoms with Gasteiger partial charge in [-0.1, -0.05) is 0 Å². The number of hydrogen-bond acceptors (Lipinski definition) is 4. The Labute approximate surface area is 110 Å². The molecular formula is C12H14BFN2O3. The Morgan fingerprint density at radius 3 is 3.11 bits per heavy atom. The molecule has 1 aromatic heterocycles. The fourth-order valence-electron chi connectivity index (χ4n) is 2.42. The highest BCUT2D eigenvalue weighted by atomic mass is 19.1. The van der Waals surface area contributed by atoms with Crippen LogP contribution in [0.15, 0.2) is 18.3 Å². The molecule has 1 saturated heterocycles. The first-order chi connectivity index (χ1) is 9.31. The Balaban J connectivity index is 2.11. The van der Waals surface area contributed by atoms with Gasteiger partial charge in [0.25, 0.3) is 0 Å². The summed E-state index contributed by atoms with van der Waals surface area (Å²) < 4.78 is 26.1. The molecule has 1 atom stereocenters. The number of aromatic nitrogens is 2. The van der Waals surface area contributed by atoms with Crippen molar-refractivity contribution in [3.8, 4) is 5.75 Å². The van der Waals surface area contributed by atoms with Crippen LogP contribution in [0.5, 0.6) is 5.75 Å². The molecule has 0 saturated carbocycles. The van der Waals surface area contributed by atoms with Gasteiger partial charge in [0.2, 0.25) is 0 Å². The van der Waals surface area contributed by atoms with Gasteiger partial charge < -0.3 is 14.4 Å². The molecule has 1 N–H and O–H groups in total. The predicted molar refractivity (Wildman–Crippen MR) is 68.5 cm³/mol. The summed E-state index contributed by atoms with van der Waals surface area (Å²) in [4.78, 5) is 0. The minimum absolute atomic E-state index is 0.0201. The summed E-state index contributed by atoms with van der Waals surface area (Å²) in [5, 5.41) is 13.9. The van der Waals surface area contributed by atoms with Crippen molar-refractivity contribution >= 4 is 18.6 Å². The van der Waals surface area contributed by atoms with Crippen LogP contribution in [0.25, 0.3) is 10.9 Å². The summed E-state index contributed by atoms with van der Waals surface area (Å²) in [5.41, 5.74) is 0.529. The highest BCUT2D eigenvalue weighted by molar-refractivity contribution is 6.18. The molecule has 2 heterocycles. The van der Waals surface area contributed by atoms with Crippen LogP contribution in [0, 0.1) is 5.82 Å². The smallest absolute Gasteiger partial charge is 0.504 e. The summed E-state index contributed by atoms with van der Waals surface area (Å²) in [6, 6.07) is 2.95. The average molecular weight is 264 g/mol. The Bertz CT molecular complexity index is 584. The van der Waals surface area contributed by atoms with Crippen LogP contribution in [-0.2, 0) is 4.74 Å². The Morgan fingerprint density at radius 1 is 1.47 bits per heavy atom. The zero-order valence-electron chi connectivity index (χ0n) is 10.4. The number of ether oxygens (including phenoxy) is 1. The Kier molecular flexibility index (Phi) is 3.39. The zero-order valence-corrected chi connectivity index (χ0v) is 10.4.